The number of rotatable bonds is 8. The number of aryl methyl sites for hydroxylation is 3. The van der Waals surface area contributed by atoms with Crippen LogP contribution in [0.15, 0.2) is 30.3 Å². The molecule has 2 amide bonds. The van der Waals surface area contributed by atoms with Gasteiger partial charge in [-0.25, -0.2) is 9.78 Å². The van der Waals surface area contributed by atoms with E-state index in [1.54, 1.807) is 12.1 Å². The zero-order valence-electron chi connectivity index (χ0n) is 17.7. The van der Waals surface area contributed by atoms with Gasteiger partial charge in [-0.05, 0) is 51.0 Å². The Morgan fingerprint density at radius 3 is 2.63 bits per heavy atom. The molecular formula is C21H27N7O2. The zero-order chi connectivity index (χ0) is 21.5. The molecule has 0 aliphatic heterocycles. The maximum Gasteiger partial charge on any atom is 0.324 e. The van der Waals surface area contributed by atoms with E-state index in [4.69, 9.17) is 4.74 Å². The van der Waals surface area contributed by atoms with Crippen LogP contribution in [0.3, 0.4) is 0 Å². The van der Waals surface area contributed by atoms with Crippen LogP contribution in [0.2, 0.25) is 0 Å². The molecule has 0 unspecified atom stereocenters. The molecule has 0 saturated heterocycles. The van der Waals surface area contributed by atoms with E-state index < -0.39 is 0 Å². The van der Waals surface area contributed by atoms with Crippen molar-refractivity contribution in [3.63, 3.8) is 0 Å². The fraction of sp³-hybridized carbons (Fsp3) is 0.333. The van der Waals surface area contributed by atoms with Crippen molar-refractivity contribution >= 4 is 23.4 Å². The minimum atomic E-state index is -0.220. The number of hydrogen-bond acceptors (Lipinski definition) is 6. The average molecular weight is 409 g/mol. The fourth-order valence-electron chi connectivity index (χ4n) is 2.76. The first-order valence-electron chi connectivity index (χ1n) is 9.91. The number of carbonyl (C=O) groups excluding carboxylic acids is 1. The molecule has 3 aromatic rings. The molecule has 0 aliphatic carbocycles. The number of amides is 2. The second kappa shape index (κ2) is 9.73. The Labute approximate surface area is 175 Å². The van der Waals surface area contributed by atoms with Gasteiger partial charge in [0.2, 0.25) is 0 Å². The summed E-state index contributed by atoms with van der Waals surface area (Å²) >= 11 is 0. The molecule has 0 radical (unpaired) electrons. The molecule has 9 heteroatoms. The predicted molar refractivity (Wildman–Crippen MR) is 117 cm³/mol. The van der Waals surface area contributed by atoms with Crippen LogP contribution in [0.4, 0.5) is 22.1 Å². The van der Waals surface area contributed by atoms with Crippen LogP contribution in [0.25, 0.3) is 0 Å². The Morgan fingerprint density at radius 1 is 1.10 bits per heavy atom. The van der Waals surface area contributed by atoms with Crippen molar-refractivity contribution in [2.45, 2.75) is 40.5 Å². The van der Waals surface area contributed by atoms with Crippen molar-refractivity contribution in [1.29, 1.82) is 0 Å². The summed E-state index contributed by atoms with van der Waals surface area (Å²) < 4.78 is 5.89. The van der Waals surface area contributed by atoms with E-state index in [0.29, 0.717) is 29.6 Å². The lowest BCUT2D eigenvalue weighted by atomic mass is 10.2. The molecule has 0 atom stereocenters. The van der Waals surface area contributed by atoms with E-state index in [-0.39, 0.29) is 12.0 Å². The summed E-state index contributed by atoms with van der Waals surface area (Å²) in [6, 6.07) is 9.11. The minimum Gasteiger partial charge on any atom is -0.424 e. The van der Waals surface area contributed by atoms with E-state index in [1.165, 1.54) is 0 Å². The van der Waals surface area contributed by atoms with Gasteiger partial charge in [-0.2, -0.15) is 10.1 Å². The van der Waals surface area contributed by atoms with Crippen LogP contribution in [0.1, 0.15) is 36.7 Å². The highest BCUT2D eigenvalue weighted by Gasteiger charge is 2.10. The van der Waals surface area contributed by atoms with E-state index in [0.717, 1.165) is 29.8 Å². The van der Waals surface area contributed by atoms with E-state index in [2.05, 4.69) is 43.0 Å². The number of ether oxygens (including phenoxy) is 1. The molecule has 0 saturated carbocycles. The Balaban J connectivity index is 1.67. The number of hydrogen-bond donors (Lipinski definition) is 4. The molecule has 0 fully saturated rings. The van der Waals surface area contributed by atoms with Crippen LogP contribution in [0, 0.1) is 20.8 Å². The van der Waals surface area contributed by atoms with E-state index in [9.17, 15) is 4.79 Å². The Morgan fingerprint density at radius 2 is 1.93 bits per heavy atom. The molecule has 0 bridgehead atoms. The van der Waals surface area contributed by atoms with Crippen LogP contribution in [0.5, 0.6) is 11.8 Å². The molecule has 30 heavy (non-hydrogen) atoms. The van der Waals surface area contributed by atoms with Gasteiger partial charge in [0.1, 0.15) is 11.6 Å². The number of nitrogens with zero attached hydrogens (tertiary/aromatic N) is 3. The lowest BCUT2D eigenvalue weighted by Gasteiger charge is -2.12. The monoisotopic (exact) mass is 409 g/mol. The predicted octanol–water partition coefficient (Wildman–Crippen LogP) is 4.58. The second-order valence-electron chi connectivity index (χ2n) is 7.06. The fourth-order valence-corrected chi connectivity index (χ4v) is 2.76. The van der Waals surface area contributed by atoms with Gasteiger partial charge in [0, 0.05) is 35.8 Å². The van der Waals surface area contributed by atoms with Gasteiger partial charge in [-0.1, -0.05) is 13.3 Å². The number of anilines is 3. The van der Waals surface area contributed by atoms with Crippen molar-refractivity contribution in [2.75, 3.05) is 17.2 Å². The second-order valence-corrected chi connectivity index (χ2v) is 7.06. The lowest BCUT2D eigenvalue weighted by molar-refractivity contribution is 0.252. The number of benzene rings is 1. The largest absolute Gasteiger partial charge is 0.424 e. The lowest BCUT2D eigenvalue weighted by Crippen LogP contribution is -2.29. The Bertz CT molecular complexity index is 1020. The third-order valence-corrected chi connectivity index (χ3v) is 4.25. The van der Waals surface area contributed by atoms with Crippen molar-refractivity contribution in [1.82, 2.24) is 25.5 Å². The number of aromatic amines is 1. The molecule has 158 valence electrons. The normalized spacial score (nSPS) is 10.5. The molecule has 4 N–H and O–H groups in total. The Kier molecular flexibility index (Phi) is 6.84. The van der Waals surface area contributed by atoms with Crippen LogP contribution >= 0.6 is 0 Å². The standard InChI is InChI=1S/C21H27N7O2/c1-5-6-9-22-20(29)24-16-7-8-17(13(2)10-16)30-21-23-14(3)11-18(26-21)25-19-12-15(4)27-28-19/h7-8,10-12H,5-6,9H2,1-4H3,(H2,22,24,29)(H2,23,25,26,27,28). The number of urea groups is 1. The van der Waals surface area contributed by atoms with Crippen LogP contribution < -0.4 is 20.7 Å². The van der Waals surface area contributed by atoms with E-state index >= 15 is 0 Å². The molecule has 1 aromatic carbocycles. The summed E-state index contributed by atoms with van der Waals surface area (Å²) in [5.41, 5.74) is 3.25. The maximum atomic E-state index is 11.9. The highest BCUT2D eigenvalue weighted by atomic mass is 16.5. The third-order valence-electron chi connectivity index (χ3n) is 4.25. The van der Waals surface area contributed by atoms with Gasteiger partial charge in [0.15, 0.2) is 5.82 Å². The van der Waals surface area contributed by atoms with Crippen molar-refractivity contribution in [3.8, 4) is 11.8 Å². The number of carbonyl (C=O) groups is 1. The summed E-state index contributed by atoms with van der Waals surface area (Å²) in [5, 5.41) is 15.8. The van der Waals surface area contributed by atoms with Crippen molar-refractivity contribution in [3.05, 3.63) is 47.3 Å². The summed E-state index contributed by atoms with van der Waals surface area (Å²) in [6.45, 7) is 8.43. The summed E-state index contributed by atoms with van der Waals surface area (Å²) in [6.07, 6.45) is 1.98. The molecule has 0 aliphatic rings. The van der Waals surface area contributed by atoms with E-state index in [1.807, 2.05) is 39.0 Å². The molecule has 3 rings (SSSR count). The third kappa shape index (κ3) is 5.94. The van der Waals surface area contributed by atoms with Gasteiger partial charge in [-0.15, -0.1) is 0 Å². The summed E-state index contributed by atoms with van der Waals surface area (Å²) in [5.74, 6) is 1.86. The van der Waals surface area contributed by atoms with Gasteiger partial charge in [0.05, 0.1) is 0 Å². The van der Waals surface area contributed by atoms with Gasteiger partial charge >= 0.3 is 12.0 Å². The van der Waals surface area contributed by atoms with Gasteiger partial charge < -0.3 is 20.7 Å². The Hall–Kier alpha value is -3.62. The molecule has 2 heterocycles. The highest BCUT2D eigenvalue weighted by Crippen LogP contribution is 2.27. The van der Waals surface area contributed by atoms with Crippen LogP contribution in [-0.4, -0.2) is 32.7 Å². The molecular weight excluding hydrogens is 382 g/mol. The quantitative estimate of drug-likeness (QED) is 0.405. The topological polar surface area (TPSA) is 117 Å². The van der Waals surface area contributed by atoms with Crippen LogP contribution in [-0.2, 0) is 0 Å². The minimum absolute atomic E-state index is 0.220. The number of nitrogens with one attached hydrogen (secondary N) is 4. The number of aromatic nitrogens is 4. The number of H-pyrrole nitrogens is 1. The first-order chi connectivity index (χ1) is 14.4. The summed E-state index contributed by atoms with van der Waals surface area (Å²) in [4.78, 5) is 20.7. The van der Waals surface area contributed by atoms with Gasteiger partial charge in [0.25, 0.3) is 0 Å². The first-order valence-corrected chi connectivity index (χ1v) is 9.91. The molecule has 2 aromatic heterocycles. The zero-order valence-corrected chi connectivity index (χ0v) is 17.7. The smallest absolute Gasteiger partial charge is 0.324 e. The molecule has 0 spiro atoms. The summed E-state index contributed by atoms with van der Waals surface area (Å²) in [7, 11) is 0. The highest BCUT2D eigenvalue weighted by molar-refractivity contribution is 5.89. The maximum absolute atomic E-state index is 11.9. The van der Waals surface area contributed by atoms with Crippen molar-refractivity contribution < 1.29 is 9.53 Å². The average Bonchev–Trinajstić information content (AvgIpc) is 3.08. The van der Waals surface area contributed by atoms with Crippen molar-refractivity contribution in [2.24, 2.45) is 0 Å². The number of unbranched alkanes of at least 4 members (excludes halogenated alkanes) is 1. The SMILES string of the molecule is CCCCNC(=O)Nc1ccc(Oc2nc(C)cc(Nc3cc(C)[nH]n3)n2)c(C)c1. The van der Waals surface area contributed by atoms with Gasteiger partial charge in [-0.3, -0.25) is 5.10 Å². The first kappa shape index (κ1) is 21.1. The molecule has 9 nitrogen and oxygen atoms in total.